The smallest absolute Gasteiger partial charge is 0.273 e. The lowest BCUT2D eigenvalue weighted by atomic mass is 9.72. The van der Waals surface area contributed by atoms with Crippen LogP contribution in [0, 0.1) is 18.8 Å². The third-order valence-corrected chi connectivity index (χ3v) is 6.82. The van der Waals surface area contributed by atoms with Gasteiger partial charge in [-0.1, -0.05) is 6.42 Å². The van der Waals surface area contributed by atoms with Crippen molar-refractivity contribution in [1.82, 2.24) is 25.2 Å². The Morgan fingerprint density at radius 3 is 2.97 bits per heavy atom. The third-order valence-electron chi connectivity index (χ3n) is 6.82. The van der Waals surface area contributed by atoms with Crippen LogP contribution in [0.5, 0.6) is 0 Å². The second-order valence-electron chi connectivity index (χ2n) is 8.55. The maximum absolute atomic E-state index is 12.5. The summed E-state index contributed by atoms with van der Waals surface area (Å²) in [6.07, 6.45) is 11.8. The summed E-state index contributed by atoms with van der Waals surface area (Å²) in [5.41, 5.74) is 0.358. The molecule has 4 atom stereocenters. The van der Waals surface area contributed by atoms with Crippen molar-refractivity contribution in [1.29, 1.82) is 0 Å². The number of aromatic nitrogens is 3. The zero-order chi connectivity index (χ0) is 19.8. The maximum atomic E-state index is 12.5. The molecular weight excluding hydrogens is 368 g/mol. The highest BCUT2D eigenvalue weighted by Crippen LogP contribution is 2.41. The Kier molecular flexibility index (Phi) is 4.95. The molecule has 5 heterocycles. The summed E-state index contributed by atoms with van der Waals surface area (Å²) < 4.78 is 5.19. The normalized spacial score (nSPS) is 29.3. The molecule has 3 fully saturated rings. The van der Waals surface area contributed by atoms with Crippen molar-refractivity contribution >= 4 is 11.7 Å². The first kappa shape index (κ1) is 18.5. The van der Waals surface area contributed by atoms with E-state index >= 15 is 0 Å². The fourth-order valence-electron chi connectivity index (χ4n) is 5.59. The first-order valence-corrected chi connectivity index (χ1v) is 10.7. The summed E-state index contributed by atoms with van der Waals surface area (Å²) in [4.78, 5) is 30.6. The molecule has 2 aromatic rings. The number of oxazole rings is 1. The lowest BCUT2D eigenvalue weighted by Crippen LogP contribution is -2.65. The number of aryl methyl sites for hydroxylation is 1. The zero-order valence-corrected chi connectivity index (χ0v) is 16.8. The maximum Gasteiger partial charge on any atom is 0.273 e. The largest absolute Gasteiger partial charge is 0.448 e. The number of anilines is 1. The topological polar surface area (TPSA) is 87.4 Å². The van der Waals surface area contributed by atoms with Gasteiger partial charge in [-0.25, -0.2) is 9.97 Å². The Labute approximate surface area is 170 Å². The number of nitrogens with zero attached hydrogens (tertiary/aromatic N) is 5. The molecule has 0 aromatic carbocycles. The van der Waals surface area contributed by atoms with Gasteiger partial charge in [0.25, 0.3) is 5.91 Å². The van der Waals surface area contributed by atoms with E-state index in [1.54, 1.807) is 19.3 Å². The van der Waals surface area contributed by atoms with Crippen LogP contribution in [-0.2, 0) is 0 Å². The Morgan fingerprint density at radius 1 is 1.28 bits per heavy atom. The van der Waals surface area contributed by atoms with Crippen molar-refractivity contribution < 1.29 is 9.21 Å². The van der Waals surface area contributed by atoms with Crippen LogP contribution < -0.4 is 10.2 Å². The predicted molar refractivity (Wildman–Crippen MR) is 108 cm³/mol. The number of hydrogen-bond donors (Lipinski definition) is 1. The van der Waals surface area contributed by atoms with Crippen molar-refractivity contribution in [2.45, 2.75) is 44.7 Å². The lowest BCUT2D eigenvalue weighted by Gasteiger charge is -2.57. The molecule has 3 aliphatic rings. The van der Waals surface area contributed by atoms with Crippen LogP contribution in [0.25, 0.3) is 0 Å². The van der Waals surface area contributed by atoms with E-state index in [1.165, 1.54) is 31.9 Å². The van der Waals surface area contributed by atoms with Gasteiger partial charge in [-0.2, -0.15) is 0 Å². The number of piperidine rings is 3. The quantitative estimate of drug-likeness (QED) is 0.844. The van der Waals surface area contributed by atoms with Gasteiger partial charge in [0.1, 0.15) is 12.1 Å². The number of fused-ring (bicyclic) bond motifs is 4. The highest BCUT2D eigenvalue weighted by atomic mass is 16.3. The first-order chi connectivity index (χ1) is 14.2. The Balaban J connectivity index is 1.34. The van der Waals surface area contributed by atoms with Gasteiger partial charge in [0, 0.05) is 51.0 Å². The van der Waals surface area contributed by atoms with Crippen molar-refractivity contribution in [3.8, 4) is 0 Å². The van der Waals surface area contributed by atoms with Gasteiger partial charge in [-0.3, -0.25) is 14.7 Å². The molecule has 1 amide bonds. The Morgan fingerprint density at radius 2 is 2.17 bits per heavy atom. The molecule has 5 rings (SSSR count). The summed E-state index contributed by atoms with van der Waals surface area (Å²) in [6, 6.07) is 0.934. The minimum Gasteiger partial charge on any atom is -0.448 e. The van der Waals surface area contributed by atoms with Gasteiger partial charge >= 0.3 is 0 Å². The number of amides is 1. The first-order valence-electron chi connectivity index (χ1n) is 10.7. The minimum absolute atomic E-state index is 0.154. The summed E-state index contributed by atoms with van der Waals surface area (Å²) in [7, 11) is 0. The Bertz CT molecular complexity index is 856. The van der Waals surface area contributed by atoms with E-state index in [-0.39, 0.29) is 5.91 Å². The molecule has 0 aliphatic carbocycles. The average Bonchev–Trinajstić information content (AvgIpc) is 3.20. The molecule has 1 N–H and O–H groups in total. The minimum atomic E-state index is -0.154. The number of carbonyl (C=O) groups is 1. The van der Waals surface area contributed by atoms with Crippen molar-refractivity contribution in [2.24, 2.45) is 11.8 Å². The molecule has 2 aromatic heterocycles. The van der Waals surface area contributed by atoms with Crippen LogP contribution in [0.4, 0.5) is 5.82 Å². The highest BCUT2D eigenvalue weighted by Gasteiger charge is 2.47. The summed E-state index contributed by atoms with van der Waals surface area (Å²) >= 11 is 0. The standard InChI is InChI=1S/C21H28N6O2/c1-14-25-17(13-29-14)21(28)24-9-19-16-8-15(18-4-2-3-7-27(18)19)11-26(12-16)20-10-22-5-6-23-20/h5-6,10,13,15-16,18-19H,2-4,7-9,11-12H2,1H3,(H,24,28)/t15-,16+,18+,19+/m1/s1. The summed E-state index contributed by atoms with van der Waals surface area (Å²) in [6.45, 7) is 5.54. The van der Waals surface area contributed by atoms with Crippen molar-refractivity contribution in [2.75, 3.05) is 31.1 Å². The van der Waals surface area contributed by atoms with Crippen molar-refractivity contribution in [3.05, 3.63) is 36.4 Å². The second-order valence-corrected chi connectivity index (χ2v) is 8.55. The van der Waals surface area contributed by atoms with E-state index in [0.717, 1.165) is 25.5 Å². The number of carbonyl (C=O) groups excluding carboxylic acids is 1. The fraction of sp³-hybridized carbons (Fsp3) is 0.619. The van der Waals surface area contributed by atoms with Gasteiger partial charge in [0.05, 0.1) is 6.20 Å². The number of hydrogen-bond acceptors (Lipinski definition) is 7. The van der Waals surface area contributed by atoms with Crippen LogP contribution in [0.15, 0.2) is 29.3 Å². The highest BCUT2D eigenvalue weighted by molar-refractivity contribution is 5.91. The van der Waals surface area contributed by atoms with Gasteiger partial charge in [0.15, 0.2) is 11.6 Å². The lowest BCUT2D eigenvalue weighted by molar-refractivity contribution is -0.0308. The van der Waals surface area contributed by atoms with Crippen LogP contribution in [0.2, 0.25) is 0 Å². The Hall–Kier alpha value is -2.48. The average molecular weight is 396 g/mol. The molecule has 0 saturated carbocycles. The van der Waals surface area contributed by atoms with E-state index in [2.05, 4.69) is 30.1 Å². The summed E-state index contributed by atoms with van der Waals surface area (Å²) in [5, 5.41) is 3.12. The van der Waals surface area contributed by atoms with Gasteiger partial charge < -0.3 is 14.6 Å². The number of rotatable bonds is 4. The molecule has 29 heavy (non-hydrogen) atoms. The molecule has 8 heteroatoms. The molecule has 8 nitrogen and oxygen atoms in total. The van der Waals surface area contributed by atoms with Crippen LogP contribution in [0.3, 0.4) is 0 Å². The van der Waals surface area contributed by atoms with Crippen LogP contribution in [0.1, 0.15) is 42.1 Å². The number of nitrogens with one attached hydrogen (secondary N) is 1. The molecule has 0 spiro atoms. The van der Waals surface area contributed by atoms with Gasteiger partial charge in [-0.05, 0) is 37.6 Å². The molecule has 2 bridgehead atoms. The van der Waals surface area contributed by atoms with Gasteiger partial charge in [0.2, 0.25) is 0 Å². The summed E-state index contributed by atoms with van der Waals surface area (Å²) in [5.74, 6) is 2.48. The predicted octanol–water partition coefficient (Wildman–Crippen LogP) is 1.88. The van der Waals surface area contributed by atoms with Crippen LogP contribution >= 0.6 is 0 Å². The fourth-order valence-corrected chi connectivity index (χ4v) is 5.59. The second kappa shape index (κ2) is 7.74. The monoisotopic (exact) mass is 396 g/mol. The van der Waals surface area contributed by atoms with Gasteiger partial charge in [-0.15, -0.1) is 0 Å². The third kappa shape index (κ3) is 3.61. The van der Waals surface area contributed by atoms with E-state index in [4.69, 9.17) is 4.42 Å². The van der Waals surface area contributed by atoms with E-state index in [0.29, 0.717) is 42.0 Å². The SMILES string of the molecule is Cc1nc(C(=O)NC[C@H]2[C@H]3C[C@H](CN(c4cnccn4)C3)[C@@H]3CCCCN32)co1. The molecule has 0 unspecified atom stereocenters. The van der Waals surface area contributed by atoms with E-state index < -0.39 is 0 Å². The van der Waals surface area contributed by atoms with E-state index in [1.807, 2.05) is 6.20 Å². The van der Waals surface area contributed by atoms with E-state index in [9.17, 15) is 4.79 Å². The molecular formula is C21H28N6O2. The molecule has 0 radical (unpaired) electrons. The molecule has 154 valence electrons. The van der Waals surface area contributed by atoms with Crippen LogP contribution in [-0.4, -0.2) is 64.0 Å². The van der Waals surface area contributed by atoms with Crippen molar-refractivity contribution in [3.63, 3.8) is 0 Å². The molecule has 3 aliphatic heterocycles. The molecule has 3 saturated heterocycles. The zero-order valence-electron chi connectivity index (χ0n) is 16.8.